The number of nitriles is 1. The molecule has 3 nitrogen and oxygen atoms in total. The van der Waals surface area contributed by atoms with E-state index in [0.717, 1.165) is 24.0 Å². The summed E-state index contributed by atoms with van der Waals surface area (Å²) in [5, 5.41) is 9.14. The van der Waals surface area contributed by atoms with E-state index in [1.54, 1.807) is 0 Å². The fraction of sp³-hybridized carbons (Fsp3) is 0.600. The van der Waals surface area contributed by atoms with Crippen LogP contribution in [0.2, 0.25) is 0 Å². The Bertz CT molecular complexity index is 529. The van der Waals surface area contributed by atoms with Crippen molar-refractivity contribution in [2.24, 2.45) is 0 Å². The molecule has 0 saturated heterocycles. The minimum absolute atomic E-state index is 0.104. The highest BCUT2D eigenvalue weighted by molar-refractivity contribution is 5.39. The molecule has 1 aromatic heterocycles. The molecule has 0 unspecified atom stereocenters. The molecule has 1 saturated carbocycles. The first kappa shape index (κ1) is 12.9. The number of aromatic nitrogens is 1. The second-order valence-corrected chi connectivity index (χ2v) is 5.28. The van der Waals surface area contributed by atoms with Crippen LogP contribution in [0, 0.1) is 25.2 Å². The first-order chi connectivity index (χ1) is 8.65. The fourth-order valence-corrected chi connectivity index (χ4v) is 2.79. The van der Waals surface area contributed by atoms with E-state index in [9.17, 15) is 4.79 Å². The molecule has 0 aromatic carbocycles. The van der Waals surface area contributed by atoms with Gasteiger partial charge in [-0.05, 0) is 37.8 Å². The van der Waals surface area contributed by atoms with Crippen molar-refractivity contribution in [2.75, 3.05) is 0 Å². The van der Waals surface area contributed by atoms with Crippen LogP contribution in [0.25, 0.3) is 0 Å². The number of nitrogens with zero attached hydrogens (tertiary/aromatic N) is 2. The van der Waals surface area contributed by atoms with Crippen molar-refractivity contribution >= 4 is 0 Å². The largest absolute Gasteiger partial charge is 0.311 e. The molecule has 0 amide bonds. The van der Waals surface area contributed by atoms with Gasteiger partial charge in [0.1, 0.15) is 11.6 Å². The Kier molecular flexibility index (Phi) is 3.86. The van der Waals surface area contributed by atoms with Gasteiger partial charge in [0.05, 0.1) is 0 Å². The number of hydrogen-bond donors (Lipinski definition) is 0. The fourth-order valence-electron chi connectivity index (χ4n) is 2.79. The number of pyridine rings is 1. The van der Waals surface area contributed by atoms with Crippen molar-refractivity contribution in [3.63, 3.8) is 0 Å². The molecule has 1 aromatic rings. The molecule has 1 fully saturated rings. The van der Waals surface area contributed by atoms with Crippen LogP contribution in [0.1, 0.15) is 61.3 Å². The summed E-state index contributed by atoms with van der Waals surface area (Å²) in [5.74, 6) is 0. The molecule has 0 bridgehead atoms. The third kappa shape index (κ3) is 2.33. The van der Waals surface area contributed by atoms with E-state index in [1.807, 2.05) is 24.6 Å². The molecule has 0 aliphatic heterocycles. The Morgan fingerprint density at radius 3 is 2.39 bits per heavy atom. The molecular weight excluding hydrogens is 224 g/mol. The van der Waals surface area contributed by atoms with E-state index in [1.165, 1.54) is 25.7 Å². The SMILES string of the molecule is Cc1cn(C2CCCCCC2)c(=O)c(C#N)c1C. The van der Waals surface area contributed by atoms with Gasteiger partial charge in [-0.2, -0.15) is 5.26 Å². The minimum Gasteiger partial charge on any atom is -0.311 e. The number of hydrogen-bond acceptors (Lipinski definition) is 2. The van der Waals surface area contributed by atoms with E-state index in [4.69, 9.17) is 5.26 Å². The zero-order chi connectivity index (χ0) is 13.1. The van der Waals surface area contributed by atoms with Crippen LogP contribution in [0.4, 0.5) is 0 Å². The van der Waals surface area contributed by atoms with Gasteiger partial charge in [-0.25, -0.2) is 0 Å². The van der Waals surface area contributed by atoms with Crippen molar-refractivity contribution in [1.82, 2.24) is 4.57 Å². The van der Waals surface area contributed by atoms with Crippen LogP contribution in [0.15, 0.2) is 11.0 Å². The van der Waals surface area contributed by atoms with Gasteiger partial charge >= 0.3 is 0 Å². The molecule has 1 heterocycles. The molecular formula is C15H20N2O. The third-order valence-electron chi connectivity index (χ3n) is 4.08. The van der Waals surface area contributed by atoms with Crippen LogP contribution in [0.5, 0.6) is 0 Å². The smallest absolute Gasteiger partial charge is 0.269 e. The highest BCUT2D eigenvalue weighted by Crippen LogP contribution is 2.26. The first-order valence-electron chi connectivity index (χ1n) is 6.77. The summed E-state index contributed by atoms with van der Waals surface area (Å²) in [4.78, 5) is 12.3. The van der Waals surface area contributed by atoms with Gasteiger partial charge < -0.3 is 4.57 Å². The van der Waals surface area contributed by atoms with E-state index in [-0.39, 0.29) is 11.6 Å². The van der Waals surface area contributed by atoms with Crippen molar-refractivity contribution < 1.29 is 0 Å². The second kappa shape index (κ2) is 5.39. The van der Waals surface area contributed by atoms with Crippen molar-refractivity contribution in [3.05, 3.63) is 33.2 Å². The van der Waals surface area contributed by atoms with Crippen LogP contribution in [-0.2, 0) is 0 Å². The Labute approximate surface area is 108 Å². The summed E-state index contributed by atoms with van der Waals surface area (Å²) in [5.41, 5.74) is 2.08. The van der Waals surface area contributed by atoms with Crippen LogP contribution in [0.3, 0.4) is 0 Å². The van der Waals surface area contributed by atoms with Crippen molar-refractivity contribution in [1.29, 1.82) is 5.26 Å². The second-order valence-electron chi connectivity index (χ2n) is 5.28. The van der Waals surface area contributed by atoms with Gasteiger partial charge in [0, 0.05) is 12.2 Å². The summed E-state index contributed by atoms with van der Waals surface area (Å²) in [7, 11) is 0. The van der Waals surface area contributed by atoms with Gasteiger partial charge in [0.2, 0.25) is 0 Å². The summed E-state index contributed by atoms with van der Waals surface area (Å²) < 4.78 is 1.81. The Hall–Kier alpha value is -1.56. The molecule has 0 N–H and O–H groups in total. The van der Waals surface area contributed by atoms with Gasteiger partial charge in [-0.1, -0.05) is 25.7 Å². The topological polar surface area (TPSA) is 45.8 Å². The molecule has 1 aliphatic rings. The van der Waals surface area contributed by atoms with E-state index in [2.05, 4.69) is 6.07 Å². The predicted octanol–water partition coefficient (Wildman–Crippen LogP) is 3.23. The first-order valence-corrected chi connectivity index (χ1v) is 6.77. The normalized spacial score (nSPS) is 17.2. The Morgan fingerprint density at radius 1 is 1.22 bits per heavy atom. The predicted molar refractivity (Wildman–Crippen MR) is 71.6 cm³/mol. The van der Waals surface area contributed by atoms with E-state index >= 15 is 0 Å². The lowest BCUT2D eigenvalue weighted by molar-refractivity contribution is 0.430. The molecule has 18 heavy (non-hydrogen) atoms. The minimum atomic E-state index is -0.104. The molecule has 0 radical (unpaired) electrons. The Morgan fingerprint density at radius 2 is 1.83 bits per heavy atom. The van der Waals surface area contributed by atoms with Crippen LogP contribution in [-0.4, -0.2) is 4.57 Å². The molecule has 2 rings (SSSR count). The molecule has 96 valence electrons. The summed E-state index contributed by atoms with van der Waals surface area (Å²) in [6.45, 7) is 3.83. The van der Waals surface area contributed by atoms with E-state index in [0.29, 0.717) is 5.56 Å². The average molecular weight is 244 g/mol. The van der Waals surface area contributed by atoms with Crippen molar-refractivity contribution in [2.45, 2.75) is 58.4 Å². The molecule has 1 aliphatic carbocycles. The van der Waals surface area contributed by atoms with Gasteiger partial charge in [0.25, 0.3) is 5.56 Å². The van der Waals surface area contributed by atoms with Gasteiger partial charge in [-0.3, -0.25) is 4.79 Å². The Balaban J connectivity index is 2.48. The lowest BCUT2D eigenvalue weighted by atomic mass is 10.0. The monoisotopic (exact) mass is 244 g/mol. The lowest BCUT2D eigenvalue weighted by Gasteiger charge is -2.19. The van der Waals surface area contributed by atoms with Crippen LogP contribution < -0.4 is 5.56 Å². The maximum Gasteiger partial charge on any atom is 0.269 e. The highest BCUT2D eigenvalue weighted by atomic mass is 16.1. The molecule has 0 atom stereocenters. The van der Waals surface area contributed by atoms with E-state index < -0.39 is 0 Å². The maximum absolute atomic E-state index is 12.3. The summed E-state index contributed by atoms with van der Waals surface area (Å²) >= 11 is 0. The quantitative estimate of drug-likeness (QED) is 0.712. The summed E-state index contributed by atoms with van der Waals surface area (Å²) in [6.07, 6.45) is 8.97. The van der Waals surface area contributed by atoms with Crippen molar-refractivity contribution in [3.8, 4) is 6.07 Å². The van der Waals surface area contributed by atoms with Gasteiger partial charge in [-0.15, -0.1) is 0 Å². The van der Waals surface area contributed by atoms with Gasteiger partial charge in [0.15, 0.2) is 0 Å². The standard InChI is InChI=1S/C15H20N2O/c1-11-10-17(13-7-5-3-4-6-8-13)15(18)14(9-16)12(11)2/h10,13H,3-8H2,1-2H3. The maximum atomic E-state index is 12.3. The molecule has 0 spiro atoms. The average Bonchev–Trinajstić information content (AvgIpc) is 2.63. The zero-order valence-corrected chi connectivity index (χ0v) is 11.2. The summed E-state index contributed by atoms with van der Waals surface area (Å²) in [6, 6.07) is 2.35. The molecule has 3 heteroatoms. The van der Waals surface area contributed by atoms with Crippen LogP contribution >= 0.6 is 0 Å². The number of rotatable bonds is 1. The number of aryl methyl sites for hydroxylation is 1. The zero-order valence-electron chi connectivity index (χ0n) is 11.2. The lowest BCUT2D eigenvalue weighted by Crippen LogP contribution is -2.27. The third-order valence-corrected chi connectivity index (χ3v) is 4.08. The highest BCUT2D eigenvalue weighted by Gasteiger charge is 2.18.